The van der Waals surface area contributed by atoms with Gasteiger partial charge >= 0.3 is 0 Å². The first-order chi connectivity index (χ1) is 8.18. The van der Waals surface area contributed by atoms with E-state index in [0.717, 1.165) is 24.2 Å². The molecule has 0 saturated heterocycles. The highest BCUT2D eigenvalue weighted by Crippen LogP contribution is 2.30. The van der Waals surface area contributed by atoms with Crippen molar-refractivity contribution in [3.8, 4) is 5.75 Å². The Morgan fingerprint density at radius 3 is 3.06 bits per heavy atom. The Bertz CT molecular complexity index is 404. The Labute approximate surface area is 101 Å². The fourth-order valence-electron chi connectivity index (χ4n) is 1.98. The van der Waals surface area contributed by atoms with Crippen LogP contribution in [0.3, 0.4) is 0 Å². The summed E-state index contributed by atoms with van der Waals surface area (Å²) in [4.78, 5) is 11.7. The first-order valence-corrected chi connectivity index (χ1v) is 5.96. The summed E-state index contributed by atoms with van der Waals surface area (Å²) in [7, 11) is 0. The summed E-state index contributed by atoms with van der Waals surface area (Å²) in [6, 6.07) is 7.35. The third kappa shape index (κ3) is 2.77. The molecule has 1 amide bonds. The van der Waals surface area contributed by atoms with Crippen molar-refractivity contribution in [2.45, 2.75) is 31.8 Å². The second kappa shape index (κ2) is 5.19. The summed E-state index contributed by atoms with van der Waals surface area (Å²) in [5.41, 5.74) is 6.61. The second-order valence-electron chi connectivity index (χ2n) is 4.38. The molecule has 4 nitrogen and oxygen atoms in total. The van der Waals surface area contributed by atoms with Gasteiger partial charge in [-0.3, -0.25) is 4.79 Å². The lowest BCUT2D eigenvalue weighted by Gasteiger charge is -2.19. The number of hydrogen-bond acceptors (Lipinski definition) is 3. The lowest BCUT2D eigenvalue weighted by Crippen LogP contribution is -2.40. The van der Waals surface area contributed by atoms with Gasteiger partial charge in [0, 0.05) is 5.56 Å². The van der Waals surface area contributed by atoms with E-state index in [1.165, 1.54) is 0 Å². The summed E-state index contributed by atoms with van der Waals surface area (Å²) < 4.78 is 5.64. The Kier molecular flexibility index (Phi) is 3.64. The van der Waals surface area contributed by atoms with Gasteiger partial charge in [0.15, 0.2) is 0 Å². The van der Waals surface area contributed by atoms with Crippen LogP contribution in [-0.2, 0) is 4.79 Å². The number of carbonyl (C=O) groups excluding carboxylic acids is 1. The standard InChI is InChI=1S/C13H18N2O2/c1-9(14)13(16)15-11-6-4-8-17-12-7-3-2-5-10(11)12/h2-3,5,7,9,11H,4,6,8,14H2,1H3,(H,15,16)/t9-,11?/m0/s1. The maximum Gasteiger partial charge on any atom is 0.237 e. The van der Waals surface area contributed by atoms with Gasteiger partial charge in [-0.25, -0.2) is 0 Å². The van der Waals surface area contributed by atoms with Crippen molar-refractivity contribution in [2.75, 3.05) is 6.61 Å². The fraction of sp³-hybridized carbons (Fsp3) is 0.462. The number of rotatable bonds is 2. The smallest absolute Gasteiger partial charge is 0.237 e. The van der Waals surface area contributed by atoms with E-state index in [4.69, 9.17) is 10.5 Å². The number of para-hydroxylation sites is 1. The zero-order valence-corrected chi connectivity index (χ0v) is 9.98. The molecule has 1 unspecified atom stereocenters. The molecule has 2 atom stereocenters. The summed E-state index contributed by atoms with van der Waals surface area (Å²) in [5.74, 6) is 0.742. The molecular weight excluding hydrogens is 216 g/mol. The minimum Gasteiger partial charge on any atom is -0.493 e. The molecule has 1 heterocycles. The zero-order chi connectivity index (χ0) is 12.3. The molecule has 0 saturated carbocycles. The van der Waals surface area contributed by atoms with Gasteiger partial charge in [-0.05, 0) is 25.8 Å². The van der Waals surface area contributed by atoms with E-state index in [2.05, 4.69) is 5.32 Å². The van der Waals surface area contributed by atoms with E-state index in [1.807, 2.05) is 24.3 Å². The molecule has 1 aromatic carbocycles. The van der Waals surface area contributed by atoms with Gasteiger partial charge in [0.1, 0.15) is 5.75 Å². The van der Waals surface area contributed by atoms with Crippen LogP contribution < -0.4 is 15.8 Å². The molecule has 17 heavy (non-hydrogen) atoms. The molecule has 0 bridgehead atoms. The van der Waals surface area contributed by atoms with Crippen molar-refractivity contribution in [1.29, 1.82) is 0 Å². The molecule has 4 heteroatoms. The lowest BCUT2D eigenvalue weighted by molar-refractivity contribution is -0.122. The van der Waals surface area contributed by atoms with E-state index in [0.29, 0.717) is 6.61 Å². The molecule has 2 rings (SSSR count). The SMILES string of the molecule is C[C@H](N)C(=O)NC1CCCOc2ccccc21. The van der Waals surface area contributed by atoms with Crippen molar-refractivity contribution in [3.63, 3.8) is 0 Å². The van der Waals surface area contributed by atoms with Gasteiger partial charge in [0.25, 0.3) is 0 Å². The number of benzene rings is 1. The third-order valence-electron chi connectivity index (χ3n) is 2.92. The van der Waals surface area contributed by atoms with Crippen LogP contribution >= 0.6 is 0 Å². The highest BCUT2D eigenvalue weighted by atomic mass is 16.5. The predicted octanol–water partition coefficient (Wildman–Crippen LogP) is 1.36. The van der Waals surface area contributed by atoms with Crippen molar-refractivity contribution < 1.29 is 9.53 Å². The summed E-state index contributed by atoms with van der Waals surface area (Å²) >= 11 is 0. The molecule has 0 aromatic heterocycles. The summed E-state index contributed by atoms with van der Waals surface area (Å²) in [6.45, 7) is 2.38. The minimum absolute atomic E-state index is 0.00667. The maximum atomic E-state index is 11.7. The molecule has 1 aromatic rings. The van der Waals surface area contributed by atoms with Gasteiger partial charge in [0.05, 0.1) is 18.7 Å². The molecule has 0 fully saturated rings. The molecule has 92 valence electrons. The Morgan fingerprint density at radius 1 is 1.53 bits per heavy atom. The third-order valence-corrected chi connectivity index (χ3v) is 2.92. The molecule has 1 aliphatic rings. The Morgan fingerprint density at radius 2 is 2.29 bits per heavy atom. The Balaban J connectivity index is 2.20. The second-order valence-corrected chi connectivity index (χ2v) is 4.38. The number of nitrogens with one attached hydrogen (secondary N) is 1. The first kappa shape index (κ1) is 11.9. The predicted molar refractivity (Wildman–Crippen MR) is 65.7 cm³/mol. The quantitative estimate of drug-likeness (QED) is 0.812. The normalized spacial score (nSPS) is 20.7. The zero-order valence-electron chi connectivity index (χ0n) is 9.98. The average Bonchev–Trinajstić information content (AvgIpc) is 2.52. The number of fused-ring (bicyclic) bond motifs is 1. The number of nitrogens with two attached hydrogens (primary N) is 1. The van der Waals surface area contributed by atoms with Crippen LogP contribution in [0.5, 0.6) is 5.75 Å². The molecule has 3 N–H and O–H groups in total. The number of amides is 1. The van der Waals surface area contributed by atoms with Crippen molar-refractivity contribution in [3.05, 3.63) is 29.8 Å². The van der Waals surface area contributed by atoms with E-state index in [9.17, 15) is 4.79 Å². The summed E-state index contributed by atoms with van der Waals surface area (Å²) in [5, 5.41) is 2.97. The van der Waals surface area contributed by atoms with Crippen LogP contribution in [0, 0.1) is 0 Å². The van der Waals surface area contributed by atoms with Crippen LogP contribution in [-0.4, -0.2) is 18.6 Å². The van der Waals surface area contributed by atoms with Gasteiger partial charge in [-0.15, -0.1) is 0 Å². The molecule has 0 aliphatic carbocycles. The minimum atomic E-state index is -0.480. The topological polar surface area (TPSA) is 64.4 Å². The van der Waals surface area contributed by atoms with Crippen LogP contribution in [0.2, 0.25) is 0 Å². The summed E-state index contributed by atoms with van der Waals surface area (Å²) in [6.07, 6.45) is 1.81. The van der Waals surface area contributed by atoms with Gasteiger partial charge in [-0.1, -0.05) is 18.2 Å². The van der Waals surface area contributed by atoms with Crippen LogP contribution in [0.15, 0.2) is 24.3 Å². The monoisotopic (exact) mass is 234 g/mol. The number of ether oxygens (including phenoxy) is 1. The van der Waals surface area contributed by atoms with Crippen molar-refractivity contribution in [1.82, 2.24) is 5.32 Å². The van der Waals surface area contributed by atoms with Crippen molar-refractivity contribution in [2.24, 2.45) is 5.73 Å². The number of hydrogen-bond donors (Lipinski definition) is 2. The fourth-order valence-corrected chi connectivity index (χ4v) is 1.98. The van der Waals surface area contributed by atoms with Gasteiger partial charge in [0.2, 0.25) is 5.91 Å². The molecule has 0 radical (unpaired) electrons. The highest BCUT2D eigenvalue weighted by Gasteiger charge is 2.21. The van der Waals surface area contributed by atoms with E-state index >= 15 is 0 Å². The van der Waals surface area contributed by atoms with Gasteiger partial charge < -0.3 is 15.8 Å². The average molecular weight is 234 g/mol. The van der Waals surface area contributed by atoms with Crippen LogP contribution in [0.25, 0.3) is 0 Å². The maximum absolute atomic E-state index is 11.7. The largest absolute Gasteiger partial charge is 0.493 e. The van der Waals surface area contributed by atoms with E-state index in [-0.39, 0.29) is 11.9 Å². The van der Waals surface area contributed by atoms with E-state index in [1.54, 1.807) is 6.92 Å². The number of carbonyl (C=O) groups is 1. The highest BCUT2D eigenvalue weighted by molar-refractivity contribution is 5.81. The van der Waals surface area contributed by atoms with Crippen molar-refractivity contribution >= 4 is 5.91 Å². The van der Waals surface area contributed by atoms with E-state index < -0.39 is 6.04 Å². The molecule has 1 aliphatic heterocycles. The molecular formula is C13H18N2O2. The Hall–Kier alpha value is -1.55. The van der Waals surface area contributed by atoms with Crippen LogP contribution in [0.1, 0.15) is 31.4 Å². The van der Waals surface area contributed by atoms with Gasteiger partial charge in [-0.2, -0.15) is 0 Å². The first-order valence-electron chi connectivity index (χ1n) is 5.96. The van der Waals surface area contributed by atoms with Crippen LogP contribution in [0.4, 0.5) is 0 Å². The lowest BCUT2D eigenvalue weighted by atomic mass is 10.0. The molecule has 0 spiro atoms.